The number of hydrogen-bond donors (Lipinski definition) is 1. The summed E-state index contributed by atoms with van der Waals surface area (Å²) in [5.74, 6) is 1.45. The maximum Gasteiger partial charge on any atom is 0.162 e. The van der Waals surface area contributed by atoms with E-state index >= 15 is 0 Å². The van der Waals surface area contributed by atoms with Crippen molar-refractivity contribution in [2.45, 2.75) is 0 Å². The van der Waals surface area contributed by atoms with Crippen LogP contribution < -0.4 is 5.32 Å². The van der Waals surface area contributed by atoms with Gasteiger partial charge >= 0.3 is 0 Å². The fraction of sp³-hybridized carbons (Fsp3) is 0. The molecule has 0 aliphatic rings. The van der Waals surface area contributed by atoms with Gasteiger partial charge in [0.25, 0.3) is 0 Å². The van der Waals surface area contributed by atoms with Gasteiger partial charge < -0.3 is 9.73 Å². The Labute approximate surface area is 172 Å². The number of fused-ring (bicyclic) bond motifs is 4. The van der Waals surface area contributed by atoms with Crippen LogP contribution in [0.1, 0.15) is 0 Å². The number of aromatic nitrogens is 2. The second-order valence-electron chi connectivity index (χ2n) is 7.22. The van der Waals surface area contributed by atoms with E-state index in [4.69, 9.17) is 14.4 Å². The highest BCUT2D eigenvalue weighted by molar-refractivity contribution is 6.11. The molecule has 0 radical (unpaired) electrons. The maximum atomic E-state index is 6.08. The van der Waals surface area contributed by atoms with E-state index in [0.29, 0.717) is 5.82 Å². The minimum atomic E-state index is 0.678. The van der Waals surface area contributed by atoms with Gasteiger partial charge in [-0.1, -0.05) is 66.7 Å². The van der Waals surface area contributed by atoms with Crippen molar-refractivity contribution in [1.82, 2.24) is 9.97 Å². The van der Waals surface area contributed by atoms with E-state index in [2.05, 4.69) is 17.4 Å². The van der Waals surface area contributed by atoms with Crippen LogP contribution in [0.3, 0.4) is 0 Å². The highest BCUT2D eigenvalue weighted by Gasteiger charge is 2.14. The average Bonchev–Trinajstić information content (AvgIpc) is 3.16. The van der Waals surface area contributed by atoms with Crippen molar-refractivity contribution in [2.75, 3.05) is 5.32 Å². The second-order valence-corrected chi connectivity index (χ2v) is 7.22. The standard InChI is InChI=1S/C26H17N3O/c1-3-9-17(10-4-1)25-28-22-16-24-20(19-13-7-8-14-23(19)30-24)15-21(22)26(29-25)27-18-11-5-2-6-12-18/h1-16H,(H,27,28,29). The number of para-hydroxylation sites is 2. The van der Waals surface area contributed by atoms with Crippen molar-refractivity contribution >= 4 is 44.3 Å². The van der Waals surface area contributed by atoms with E-state index in [1.165, 1.54) is 0 Å². The molecular formula is C26H17N3O. The summed E-state index contributed by atoms with van der Waals surface area (Å²) in [6.07, 6.45) is 0. The summed E-state index contributed by atoms with van der Waals surface area (Å²) < 4.78 is 6.08. The molecule has 142 valence electrons. The summed E-state index contributed by atoms with van der Waals surface area (Å²) in [5.41, 5.74) is 4.49. The number of rotatable bonds is 3. The maximum absolute atomic E-state index is 6.08. The molecule has 30 heavy (non-hydrogen) atoms. The quantitative estimate of drug-likeness (QED) is 0.357. The van der Waals surface area contributed by atoms with Gasteiger partial charge in [-0.25, -0.2) is 9.97 Å². The Morgan fingerprint density at radius 1 is 0.600 bits per heavy atom. The summed E-state index contributed by atoms with van der Waals surface area (Å²) in [4.78, 5) is 9.74. The van der Waals surface area contributed by atoms with Crippen LogP contribution in [0, 0.1) is 0 Å². The van der Waals surface area contributed by atoms with Crippen LogP contribution in [0.15, 0.2) is 101 Å². The Balaban J connectivity index is 1.64. The molecule has 0 unspecified atom stereocenters. The molecule has 0 bridgehead atoms. The van der Waals surface area contributed by atoms with E-state index in [1.54, 1.807) is 0 Å². The van der Waals surface area contributed by atoms with Crippen molar-refractivity contribution in [2.24, 2.45) is 0 Å². The lowest BCUT2D eigenvalue weighted by Crippen LogP contribution is -1.99. The minimum Gasteiger partial charge on any atom is -0.456 e. The van der Waals surface area contributed by atoms with Gasteiger partial charge in [0.1, 0.15) is 17.0 Å². The molecule has 6 aromatic rings. The van der Waals surface area contributed by atoms with Crippen LogP contribution >= 0.6 is 0 Å². The first-order valence-corrected chi connectivity index (χ1v) is 9.86. The van der Waals surface area contributed by atoms with Crippen LogP contribution in [-0.2, 0) is 0 Å². The third-order valence-corrected chi connectivity index (χ3v) is 5.26. The first-order chi connectivity index (χ1) is 14.8. The topological polar surface area (TPSA) is 51.0 Å². The Morgan fingerprint density at radius 2 is 1.33 bits per heavy atom. The van der Waals surface area contributed by atoms with Gasteiger partial charge in [0, 0.05) is 33.5 Å². The smallest absolute Gasteiger partial charge is 0.162 e. The molecule has 0 spiro atoms. The van der Waals surface area contributed by atoms with Crippen molar-refractivity contribution < 1.29 is 4.42 Å². The van der Waals surface area contributed by atoms with Gasteiger partial charge in [-0.3, -0.25) is 0 Å². The highest BCUT2D eigenvalue weighted by Crippen LogP contribution is 2.35. The molecule has 4 aromatic carbocycles. The van der Waals surface area contributed by atoms with Crippen LogP contribution in [0.25, 0.3) is 44.2 Å². The fourth-order valence-electron chi connectivity index (χ4n) is 3.82. The van der Waals surface area contributed by atoms with Gasteiger partial charge in [0.2, 0.25) is 0 Å². The third kappa shape index (κ3) is 2.78. The zero-order valence-electron chi connectivity index (χ0n) is 16.0. The Bertz CT molecular complexity index is 1510. The molecule has 0 aliphatic carbocycles. The summed E-state index contributed by atoms with van der Waals surface area (Å²) in [6.45, 7) is 0. The molecule has 0 aliphatic heterocycles. The van der Waals surface area contributed by atoms with Crippen molar-refractivity contribution in [3.8, 4) is 11.4 Å². The minimum absolute atomic E-state index is 0.678. The van der Waals surface area contributed by atoms with Crippen molar-refractivity contribution in [3.63, 3.8) is 0 Å². The summed E-state index contributed by atoms with van der Waals surface area (Å²) >= 11 is 0. The Morgan fingerprint density at radius 3 is 2.17 bits per heavy atom. The van der Waals surface area contributed by atoms with Crippen LogP contribution in [-0.4, -0.2) is 9.97 Å². The molecule has 0 fully saturated rings. The SMILES string of the molecule is c1ccc(Nc2nc(-c3ccccc3)nc3cc4oc5ccccc5c4cc23)cc1. The van der Waals surface area contributed by atoms with Crippen molar-refractivity contribution in [1.29, 1.82) is 0 Å². The lowest BCUT2D eigenvalue weighted by atomic mass is 10.1. The predicted molar refractivity (Wildman–Crippen MR) is 122 cm³/mol. The Hall–Kier alpha value is -4.18. The molecule has 0 amide bonds. The van der Waals surface area contributed by atoms with E-state index < -0.39 is 0 Å². The second kappa shape index (κ2) is 6.71. The van der Waals surface area contributed by atoms with Crippen LogP contribution in [0.5, 0.6) is 0 Å². The number of furan rings is 1. The lowest BCUT2D eigenvalue weighted by molar-refractivity contribution is 0.669. The fourth-order valence-corrected chi connectivity index (χ4v) is 3.82. The molecule has 2 aromatic heterocycles. The molecule has 4 nitrogen and oxygen atoms in total. The molecule has 0 atom stereocenters. The average molecular weight is 387 g/mol. The summed E-state index contributed by atoms with van der Waals surface area (Å²) in [7, 11) is 0. The monoisotopic (exact) mass is 387 g/mol. The first kappa shape index (κ1) is 16.7. The van der Waals surface area contributed by atoms with Crippen LogP contribution in [0.2, 0.25) is 0 Å². The molecular weight excluding hydrogens is 370 g/mol. The number of anilines is 2. The molecule has 1 N–H and O–H groups in total. The zero-order chi connectivity index (χ0) is 19.9. The van der Waals surface area contributed by atoms with E-state index in [1.807, 2.05) is 84.9 Å². The largest absolute Gasteiger partial charge is 0.456 e. The number of nitrogens with one attached hydrogen (secondary N) is 1. The molecule has 6 rings (SSSR count). The van der Waals surface area contributed by atoms with Gasteiger partial charge in [-0.05, 0) is 24.3 Å². The summed E-state index contributed by atoms with van der Waals surface area (Å²) in [6, 6.07) is 32.3. The van der Waals surface area contributed by atoms with Gasteiger partial charge in [0.15, 0.2) is 5.82 Å². The van der Waals surface area contributed by atoms with Gasteiger partial charge in [0.05, 0.1) is 5.52 Å². The van der Waals surface area contributed by atoms with Crippen molar-refractivity contribution in [3.05, 3.63) is 97.1 Å². The highest BCUT2D eigenvalue weighted by atomic mass is 16.3. The zero-order valence-corrected chi connectivity index (χ0v) is 16.0. The van der Waals surface area contributed by atoms with Gasteiger partial charge in [-0.2, -0.15) is 0 Å². The normalized spacial score (nSPS) is 11.3. The predicted octanol–water partition coefficient (Wildman–Crippen LogP) is 6.94. The molecule has 4 heteroatoms. The number of nitrogens with zero attached hydrogens (tertiary/aromatic N) is 2. The van der Waals surface area contributed by atoms with Gasteiger partial charge in [-0.15, -0.1) is 0 Å². The Kier molecular flexibility index (Phi) is 3.74. The molecule has 0 saturated heterocycles. The molecule has 0 saturated carbocycles. The summed E-state index contributed by atoms with van der Waals surface area (Å²) in [5, 5.41) is 6.59. The lowest BCUT2D eigenvalue weighted by Gasteiger charge is -2.11. The van der Waals surface area contributed by atoms with E-state index in [-0.39, 0.29) is 0 Å². The number of benzene rings is 4. The van der Waals surface area contributed by atoms with Crippen LogP contribution in [0.4, 0.5) is 11.5 Å². The molecule has 2 heterocycles. The third-order valence-electron chi connectivity index (χ3n) is 5.26. The first-order valence-electron chi connectivity index (χ1n) is 9.86. The number of hydrogen-bond acceptors (Lipinski definition) is 4. The van der Waals surface area contributed by atoms with E-state index in [9.17, 15) is 0 Å². The van der Waals surface area contributed by atoms with E-state index in [0.717, 1.165) is 49.9 Å².